The van der Waals surface area contributed by atoms with Crippen molar-refractivity contribution in [3.8, 4) is 0 Å². The Morgan fingerprint density at radius 1 is 1.64 bits per heavy atom. The van der Waals surface area contributed by atoms with Gasteiger partial charge in [0, 0.05) is 10.7 Å². The molecule has 1 heterocycles. The average Bonchev–Trinajstić information content (AvgIpc) is 2.20. The van der Waals surface area contributed by atoms with Crippen LogP contribution in [-0.2, 0) is 9.53 Å². The van der Waals surface area contributed by atoms with E-state index in [0.29, 0.717) is 0 Å². The first-order valence-corrected chi connectivity index (χ1v) is 5.05. The number of carbonyl (C=O) groups excluding carboxylic acids is 1. The van der Waals surface area contributed by atoms with Crippen LogP contribution in [-0.4, -0.2) is 18.1 Å². The molecule has 1 atom stereocenters. The minimum absolute atomic E-state index is 0.265. The largest absolute Gasteiger partial charge is 0.469 e. The maximum atomic E-state index is 11.2. The van der Waals surface area contributed by atoms with Crippen molar-refractivity contribution < 1.29 is 9.53 Å². The lowest BCUT2D eigenvalue weighted by Gasteiger charge is -2.09. The third-order valence-electron chi connectivity index (χ3n) is 2.07. The number of hydrogen-bond donors (Lipinski definition) is 0. The highest BCUT2D eigenvalue weighted by molar-refractivity contribution is 9.10. The van der Waals surface area contributed by atoms with E-state index in [1.165, 1.54) is 7.11 Å². The van der Waals surface area contributed by atoms with Gasteiger partial charge in [0.25, 0.3) is 0 Å². The van der Waals surface area contributed by atoms with Crippen molar-refractivity contribution in [1.29, 1.82) is 0 Å². The summed E-state index contributed by atoms with van der Waals surface area (Å²) in [5.41, 5.74) is 1.79. The lowest BCUT2D eigenvalue weighted by atomic mass is 10.1. The van der Waals surface area contributed by atoms with Crippen molar-refractivity contribution in [2.24, 2.45) is 0 Å². The molecule has 1 aromatic rings. The fourth-order valence-electron chi connectivity index (χ4n) is 1.10. The number of hydrogen-bond acceptors (Lipinski definition) is 3. The second kappa shape index (κ2) is 4.55. The topological polar surface area (TPSA) is 39.2 Å². The highest BCUT2D eigenvalue weighted by Crippen LogP contribution is 2.20. The molecule has 1 aromatic heterocycles. The summed E-state index contributed by atoms with van der Waals surface area (Å²) in [6.07, 6.45) is 1.70. The van der Waals surface area contributed by atoms with Gasteiger partial charge in [0.15, 0.2) is 0 Å². The van der Waals surface area contributed by atoms with Gasteiger partial charge in [0.2, 0.25) is 0 Å². The van der Waals surface area contributed by atoms with Gasteiger partial charge in [0.1, 0.15) is 0 Å². The third-order valence-corrected chi connectivity index (χ3v) is 2.90. The molecule has 0 aliphatic heterocycles. The van der Waals surface area contributed by atoms with E-state index in [9.17, 15) is 4.79 Å². The SMILES string of the molecule is COC(=O)C(C)c1cc(C)c(Br)cn1. The van der Waals surface area contributed by atoms with Crippen LogP contribution < -0.4 is 0 Å². The number of methoxy groups -OCH3 is 1. The molecule has 0 radical (unpaired) electrons. The number of carbonyl (C=O) groups is 1. The van der Waals surface area contributed by atoms with Crippen LogP contribution >= 0.6 is 15.9 Å². The van der Waals surface area contributed by atoms with Gasteiger partial charge in [-0.05, 0) is 41.4 Å². The number of pyridine rings is 1. The van der Waals surface area contributed by atoms with Crippen LogP contribution in [0.5, 0.6) is 0 Å². The van der Waals surface area contributed by atoms with Crippen molar-refractivity contribution in [1.82, 2.24) is 4.98 Å². The Hall–Kier alpha value is -0.900. The minimum atomic E-state index is -0.313. The molecule has 0 bridgehead atoms. The van der Waals surface area contributed by atoms with E-state index in [1.54, 1.807) is 13.1 Å². The fourth-order valence-corrected chi connectivity index (χ4v) is 1.31. The fraction of sp³-hybridized carbons (Fsp3) is 0.400. The Kier molecular flexibility index (Phi) is 3.63. The predicted molar refractivity (Wildman–Crippen MR) is 57.1 cm³/mol. The molecule has 0 saturated carbocycles. The van der Waals surface area contributed by atoms with Crippen LogP contribution in [0.15, 0.2) is 16.7 Å². The van der Waals surface area contributed by atoms with Crippen molar-refractivity contribution in [2.45, 2.75) is 19.8 Å². The second-order valence-corrected chi connectivity index (χ2v) is 3.96. The Balaban J connectivity index is 2.96. The van der Waals surface area contributed by atoms with Crippen LogP contribution in [0, 0.1) is 6.92 Å². The summed E-state index contributed by atoms with van der Waals surface area (Å²) in [6, 6.07) is 1.88. The summed E-state index contributed by atoms with van der Waals surface area (Å²) in [5.74, 6) is -0.578. The molecular formula is C10H12BrNO2. The number of nitrogens with zero attached hydrogens (tertiary/aromatic N) is 1. The van der Waals surface area contributed by atoms with E-state index in [1.807, 2.05) is 13.0 Å². The lowest BCUT2D eigenvalue weighted by molar-refractivity contribution is -0.142. The molecule has 0 N–H and O–H groups in total. The highest BCUT2D eigenvalue weighted by Gasteiger charge is 2.17. The van der Waals surface area contributed by atoms with Crippen LogP contribution in [0.25, 0.3) is 0 Å². The molecule has 0 spiro atoms. The smallest absolute Gasteiger partial charge is 0.314 e. The van der Waals surface area contributed by atoms with Crippen LogP contribution in [0.3, 0.4) is 0 Å². The normalized spacial score (nSPS) is 12.3. The number of aryl methyl sites for hydroxylation is 1. The van der Waals surface area contributed by atoms with Crippen molar-refractivity contribution in [3.05, 3.63) is 28.0 Å². The molecule has 0 saturated heterocycles. The molecule has 0 fully saturated rings. The van der Waals surface area contributed by atoms with Gasteiger partial charge in [0.05, 0.1) is 18.7 Å². The average molecular weight is 258 g/mol. The number of aromatic nitrogens is 1. The highest BCUT2D eigenvalue weighted by atomic mass is 79.9. The minimum Gasteiger partial charge on any atom is -0.469 e. The molecule has 4 heteroatoms. The Bertz CT molecular complexity index is 352. The van der Waals surface area contributed by atoms with Gasteiger partial charge < -0.3 is 4.74 Å². The second-order valence-electron chi connectivity index (χ2n) is 3.10. The Morgan fingerprint density at radius 2 is 2.29 bits per heavy atom. The standard InChI is InChI=1S/C10H12BrNO2/c1-6-4-9(12-5-8(6)11)7(2)10(13)14-3/h4-5,7H,1-3H3. The van der Waals surface area contributed by atoms with Gasteiger partial charge in [-0.2, -0.15) is 0 Å². The molecule has 76 valence electrons. The quantitative estimate of drug-likeness (QED) is 0.765. The van der Waals surface area contributed by atoms with Crippen molar-refractivity contribution in [2.75, 3.05) is 7.11 Å². The molecule has 0 aliphatic carbocycles. The molecule has 1 unspecified atom stereocenters. The van der Waals surface area contributed by atoms with Crippen LogP contribution in [0.1, 0.15) is 24.1 Å². The monoisotopic (exact) mass is 257 g/mol. The number of esters is 1. The van der Waals surface area contributed by atoms with Gasteiger partial charge in [-0.15, -0.1) is 0 Å². The predicted octanol–water partition coefficient (Wildman–Crippen LogP) is 2.43. The zero-order chi connectivity index (χ0) is 10.7. The van der Waals surface area contributed by atoms with E-state index in [0.717, 1.165) is 15.7 Å². The first-order chi connectivity index (χ1) is 6.56. The summed E-state index contributed by atoms with van der Waals surface area (Å²) in [5, 5.41) is 0. The van der Waals surface area contributed by atoms with E-state index in [-0.39, 0.29) is 11.9 Å². The third kappa shape index (κ3) is 2.32. The molecule has 0 amide bonds. The first-order valence-electron chi connectivity index (χ1n) is 4.26. The summed E-state index contributed by atoms with van der Waals surface area (Å²) in [6.45, 7) is 3.74. The lowest BCUT2D eigenvalue weighted by Crippen LogP contribution is -2.12. The molecular weight excluding hydrogens is 246 g/mol. The summed E-state index contributed by atoms with van der Waals surface area (Å²) < 4.78 is 5.59. The van der Waals surface area contributed by atoms with E-state index in [2.05, 4.69) is 25.7 Å². The van der Waals surface area contributed by atoms with Gasteiger partial charge in [-0.1, -0.05) is 0 Å². The molecule has 1 rings (SSSR count). The van der Waals surface area contributed by atoms with Gasteiger partial charge in [-0.25, -0.2) is 0 Å². The van der Waals surface area contributed by atoms with Gasteiger partial charge >= 0.3 is 5.97 Å². The van der Waals surface area contributed by atoms with Crippen molar-refractivity contribution >= 4 is 21.9 Å². The molecule has 0 aliphatic rings. The van der Waals surface area contributed by atoms with E-state index < -0.39 is 0 Å². The van der Waals surface area contributed by atoms with Crippen LogP contribution in [0.2, 0.25) is 0 Å². The first kappa shape index (κ1) is 11.2. The summed E-state index contributed by atoms with van der Waals surface area (Å²) in [7, 11) is 1.38. The number of halogens is 1. The molecule has 3 nitrogen and oxygen atoms in total. The zero-order valence-corrected chi connectivity index (χ0v) is 9.96. The Morgan fingerprint density at radius 3 is 2.79 bits per heavy atom. The number of rotatable bonds is 2. The van der Waals surface area contributed by atoms with Gasteiger partial charge in [-0.3, -0.25) is 9.78 Å². The molecule has 14 heavy (non-hydrogen) atoms. The van der Waals surface area contributed by atoms with E-state index >= 15 is 0 Å². The zero-order valence-electron chi connectivity index (χ0n) is 8.37. The maximum Gasteiger partial charge on any atom is 0.314 e. The van der Waals surface area contributed by atoms with Crippen LogP contribution in [0.4, 0.5) is 0 Å². The van der Waals surface area contributed by atoms with E-state index in [4.69, 9.17) is 0 Å². The number of ether oxygens (including phenoxy) is 1. The maximum absolute atomic E-state index is 11.2. The van der Waals surface area contributed by atoms with Crippen molar-refractivity contribution in [3.63, 3.8) is 0 Å². The molecule has 0 aromatic carbocycles. The summed E-state index contributed by atoms with van der Waals surface area (Å²) >= 11 is 3.35. The Labute approximate surface area is 91.6 Å². The summed E-state index contributed by atoms with van der Waals surface area (Å²) in [4.78, 5) is 15.4.